The molecule has 6 heteroatoms. The number of aromatic amines is 1. The van der Waals surface area contributed by atoms with Crippen molar-refractivity contribution >= 4 is 22.4 Å². The molecule has 1 aromatic heterocycles. The number of carbonyl (C=O) groups excluding carboxylic acids is 1. The number of aromatic nitrogens is 1. The third-order valence-electron chi connectivity index (χ3n) is 4.83. The Bertz CT molecular complexity index is 1070. The first-order chi connectivity index (χ1) is 13.6. The van der Waals surface area contributed by atoms with E-state index in [9.17, 15) is 9.59 Å². The number of H-pyrrole nitrogens is 1. The molecular weight excluding hydrogens is 356 g/mol. The molecule has 0 bridgehead atoms. The van der Waals surface area contributed by atoms with Gasteiger partial charge in [-0.1, -0.05) is 24.3 Å². The molecule has 1 saturated heterocycles. The monoisotopic (exact) mass is 378 g/mol. The number of benzene rings is 2. The van der Waals surface area contributed by atoms with Crippen molar-refractivity contribution in [3.05, 3.63) is 70.1 Å². The largest absolute Gasteiger partial charge is 0.489 e. The first kappa shape index (κ1) is 18.3. The molecule has 4 rings (SSSR count). The molecule has 6 nitrogen and oxygen atoms in total. The highest BCUT2D eigenvalue weighted by molar-refractivity contribution is 6.05. The molecule has 1 atom stereocenters. The zero-order valence-corrected chi connectivity index (χ0v) is 15.7. The van der Waals surface area contributed by atoms with Gasteiger partial charge in [0.1, 0.15) is 18.1 Å². The molecule has 0 saturated carbocycles. The number of hydrogen-bond acceptors (Lipinski definition) is 4. The van der Waals surface area contributed by atoms with Crippen LogP contribution in [0.15, 0.2) is 53.3 Å². The van der Waals surface area contributed by atoms with Crippen molar-refractivity contribution in [3.63, 3.8) is 0 Å². The first-order valence-corrected chi connectivity index (χ1v) is 9.38. The summed E-state index contributed by atoms with van der Waals surface area (Å²) in [5, 5.41) is 4.12. The molecule has 1 fully saturated rings. The van der Waals surface area contributed by atoms with Crippen LogP contribution in [0, 0.1) is 6.92 Å². The summed E-state index contributed by atoms with van der Waals surface area (Å²) < 4.78 is 11.5. The van der Waals surface area contributed by atoms with E-state index in [4.69, 9.17) is 9.47 Å². The van der Waals surface area contributed by atoms with E-state index >= 15 is 0 Å². The SMILES string of the molecule is Cc1ccc(NC(=O)c2cc3ccccc3c(=O)[nH]2)c(OCC2CCCO2)c1. The third-order valence-corrected chi connectivity index (χ3v) is 4.83. The predicted molar refractivity (Wildman–Crippen MR) is 108 cm³/mol. The molecule has 1 aliphatic rings. The second-order valence-corrected chi connectivity index (χ2v) is 7.00. The lowest BCUT2D eigenvalue weighted by molar-refractivity contribution is 0.0681. The van der Waals surface area contributed by atoms with Crippen LogP contribution in [0.5, 0.6) is 5.75 Å². The van der Waals surface area contributed by atoms with E-state index in [0.29, 0.717) is 23.4 Å². The predicted octanol–water partition coefficient (Wildman–Crippen LogP) is 3.65. The molecule has 0 radical (unpaired) electrons. The van der Waals surface area contributed by atoms with Crippen molar-refractivity contribution in [2.75, 3.05) is 18.5 Å². The van der Waals surface area contributed by atoms with Crippen molar-refractivity contribution in [3.8, 4) is 5.75 Å². The maximum atomic E-state index is 12.7. The maximum absolute atomic E-state index is 12.7. The van der Waals surface area contributed by atoms with E-state index in [2.05, 4.69) is 10.3 Å². The van der Waals surface area contributed by atoms with E-state index in [1.165, 1.54) is 0 Å². The van der Waals surface area contributed by atoms with Gasteiger partial charge >= 0.3 is 0 Å². The Morgan fingerprint density at radius 1 is 1.25 bits per heavy atom. The summed E-state index contributed by atoms with van der Waals surface area (Å²) in [7, 11) is 0. The number of nitrogens with one attached hydrogen (secondary N) is 2. The van der Waals surface area contributed by atoms with Crippen LogP contribution in [0.2, 0.25) is 0 Å². The fourth-order valence-electron chi connectivity index (χ4n) is 3.33. The number of rotatable bonds is 5. The van der Waals surface area contributed by atoms with Gasteiger partial charge in [0.25, 0.3) is 11.5 Å². The summed E-state index contributed by atoms with van der Waals surface area (Å²) >= 11 is 0. The van der Waals surface area contributed by atoms with Crippen molar-refractivity contribution in [2.45, 2.75) is 25.9 Å². The number of fused-ring (bicyclic) bond motifs is 1. The van der Waals surface area contributed by atoms with Crippen LogP contribution >= 0.6 is 0 Å². The van der Waals surface area contributed by atoms with Crippen LogP contribution in [0.25, 0.3) is 10.8 Å². The molecule has 1 amide bonds. The summed E-state index contributed by atoms with van der Waals surface area (Å²) in [4.78, 5) is 27.6. The Labute approximate surface area is 162 Å². The Morgan fingerprint density at radius 3 is 2.93 bits per heavy atom. The summed E-state index contributed by atoms with van der Waals surface area (Å²) in [5.74, 6) is 0.195. The number of amides is 1. The first-order valence-electron chi connectivity index (χ1n) is 9.38. The highest BCUT2D eigenvalue weighted by Crippen LogP contribution is 2.27. The number of aryl methyl sites for hydroxylation is 1. The van der Waals surface area contributed by atoms with Crippen molar-refractivity contribution in [1.82, 2.24) is 4.98 Å². The van der Waals surface area contributed by atoms with E-state index < -0.39 is 5.91 Å². The van der Waals surface area contributed by atoms with Gasteiger partial charge in [-0.2, -0.15) is 0 Å². The molecular formula is C22H22N2O4. The zero-order chi connectivity index (χ0) is 19.5. The van der Waals surface area contributed by atoms with Gasteiger partial charge < -0.3 is 19.8 Å². The Balaban J connectivity index is 1.56. The van der Waals surface area contributed by atoms with Gasteiger partial charge in [0, 0.05) is 12.0 Å². The minimum absolute atomic E-state index is 0.0842. The number of carbonyl (C=O) groups is 1. The molecule has 0 aliphatic carbocycles. The smallest absolute Gasteiger partial charge is 0.272 e. The molecule has 2 N–H and O–H groups in total. The van der Waals surface area contributed by atoms with E-state index in [0.717, 1.165) is 30.4 Å². The van der Waals surface area contributed by atoms with E-state index in [-0.39, 0.29) is 17.4 Å². The fraction of sp³-hybridized carbons (Fsp3) is 0.273. The molecule has 1 unspecified atom stereocenters. The third kappa shape index (κ3) is 3.92. The summed E-state index contributed by atoms with van der Waals surface area (Å²) in [5.41, 5.74) is 1.50. The van der Waals surface area contributed by atoms with Gasteiger partial charge in [0.05, 0.1) is 11.8 Å². The Morgan fingerprint density at radius 2 is 2.11 bits per heavy atom. The lowest BCUT2D eigenvalue weighted by Gasteiger charge is -2.16. The number of pyridine rings is 1. The zero-order valence-electron chi connectivity index (χ0n) is 15.7. The molecule has 28 heavy (non-hydrogen) atoms. The van der Waals surface area contributed by atoms with Gasteiger partial charge in [0.15, 0.2) is 0 Å². The quantitative estimate of drug-likeness (QED) is 0.710. The average Bonchev–Trinajstić information content (AvgIpc) is 3.21. The molecule has 1 aliphatic heterocycles. The molecule has 2 heterocycles. The van der Waals surface area contributed by atoms with Crippen LogP contribution in [-0.4, -0.2) is 30.2 Å². The fourth-order valence-corrected chi connectivity index (χ4v) is 3.33. The van der Waals surface area contributed by atoms with E-state index in [1.807, 2.05) is 31.2 Å². The highest BCUT2D eigenvalue weighted by atomic mass is 16.5. The molecule has 144 valence electrons. The van der Waals surface area contributed by atoms with Crippen LogP contribution in [-0.2, 0) is 4.74 Å². The van der Waals surface area contributed by atoms with Crippen LogP contribution in [0.4, 0.5) is 5.69 Å². The minimum Gasteiger partial charge on any atom is -0.489 e. The Kier molecular flexibility index (Phi) is 5.12. The van der Waals surface area contributed by atoms with Gasteiger partial charge in [0.2, 0.25) is 0 Å². The van der Waals surface area contributed by atoms with Crippen LogP contribution in [0.3, 0.4) is 0 Å². The molecule has 0 spiro atoms. The second kappa shape index (κ2) is 7.86. The molecule has 2 aromatic carbocycles. The van der Waals surface area contributed by atoms with Gasteiger partial charge in [-0.3, -0.25) is 9.59 Å². The minimum atomic E-state index is -0.395. The maximum Gasteiger partial charge on any atom is 0.272 e. The van der Waals surface area contributed by atoms with Crippen molar-refractivity contribution in [2.24, 2.45) is 0 Å². The number of ether oxygens (including phenoxy) is 2. The molecule has 3 aromatic rings. The van der Waals surface area contributed by atoms with E-state index in [1.54, 1.807) is 24.3 Å². The average molecular weight is 378 g/mol. The van der Waals surface area contributed by atoms with Gasteiger partial charge in [-0.15, -0.1) is 0 Å². The Hall–Kier alpha value is -3.12. The standard InChI is InChI=1S/C22H22N2O4/c1-14-8-9-18(20(11-14)28-13-16-6-4-10-27-16)23-22(26)19-12-15-5-2-3-7-17(15)21(25)24-19/h2-3,5,7-9,11-12,16H,4,6,10,13H2,1H3,(H,23,26)(H,24,25). The topological polar surface area (TPSA) is 80.4 Å². The normalized spacial score (nSPS) is 16.2. The van der Waals surface area contributed by atoms with Crippen molar-refractivity contribution in [1.29, 1.82) is 0 Å². The van der Waals surface area contributed by atoms with Gasteiger partial charge in [-0.05, 0) is 55.0 Å². The van der Waals surface area contributed by atoms with Gasteiger partial charge in [-0.25, -0.2) is 0 Å². The lowest BCUT2D eigenvalue weighted by atomic mass is 10.1. The highest BCUT2D eigenvalue weighted by Gasteiger charge is 2.18. The second-order valence-electron chi connectivity index (χ2n) is 7.00. The number of hydrogen-bond donors (Lipinski definition) is 2. The summed E-state index contributed by atoms with van der Waals surface area (Å²) in [6, 6.07) is 14.4. The summed E-state index contributed by atoms with van der Waals surface area (Å²) in [6.45, 7) is 3.17. The van der Waals surface area contributed by atoms with Crippen molar-refractivity contribution < 1.29 is 14.3 Å². The van der Waals surface area contributed by atoms with Crippen LogP contribution in [0.1, 0.15) is 28.9 Å². The lowest BCUT2D eigenvalue weighted by Crippen LogP contribution is -2.20. The van der Waals surface area contributed by atoms with Crippen LogP contribution < -0.4 is 15.6 Å². The number of anilines is 1. The summed E-state index contributed by atoms with van der Waals surface area (Å²) in [6.07, 6.45) is 2.10.